The highest BCUT2D eigenvalue weighted by molar-refractivity contribution is 8.08. The summed E-state index contributed by atoms with van der Waals surface area (Å²) in [4.78, 5) is 1.83. The van der Waals surface area contributed by atoms with E-state index in [4.69, 9.17) is 4.74 Å². The molecule has 1 fully saturated rings. The Balaban J connectivity index is 0.000000222. The molecule has 32 heavy (non-hydrogen) atoms. The molecule has 1 saturated heterocycles. The molecule has 0 amide bonds. The van der Waals surface area contributed by atoms with Crippen molar-refractivity contribution >= 4 is 26.8 Å². The van der Waals surface area contributed by atoms with Gasteiger partial charge in [0.25, 0.3) is 0 Å². The molecule has 3 aromatic carbocycles. The van der Waals surface area contributed by atoms with Crippen molar-refractivity contribution in [2.24, 2.45) is 5.92 Å². The molecule has 1 N–H and O–H groups in total. The Morgan fingerprint density at radius 3 is 2.12 bits per heavy atom. The van der Waals surface area contributed by atoms with Gasteiger partial charge in [-0.05, 0) is 36.8 Å². The first-order chi connectivity index (χ1) is 15.3. The monoisotopic (exact) mass is 468 g/mol. The number of aliphatic hydroxyl groups is 1. The van der Waals surface area contributed by atoms with Crippen LogP contribution in [0.2, 0.25) is 0 Å². The molecule has 7 heteroatoms. The third-order valence-electron chi connectivity index (χ3n) is 4.70. The zero-order valence-electron chi connectivity index (χ0n) is 17.5. The first-order valence-electron chi connectivity index (χ1n) is 10.0. The Bertz CT molecular complexity index is 1120. The summed E-state index contributed by atoms with van der Waals surface area (Å²) in [5.74, 6) is 0.379. The molecular formula is C25H24O5S2. The summed E-state index contributed by atoms with van der Waals surface area (Å²) in [6, 6.07) is 25.9. The molecule has 1 heterocycles. The molecule has 5 nitrogen and oxygen atoms in total. The fraction of sp³-hybridized carbons (Fsp3) is 0.160. The van der Waals surface area contributed by atoms with Crippen LogP contribution < -0.4 is 0 Å². The van der Waals surface area contributed by atoms with Crippen LogP contribution in [0.25, 0.3) is 4.91 Å². The van der Waals surface area contributed by atoms with Crippen molar-refractivity contribution in [3.8, 4) is 0 Å². The lowest BCUT2D eigenvalue weighted by atomic mass is 10.0. The highest BCUT2D eigenvalue weighted by atomic mass is 32.2. The zero-order valence-corrected chi connectivity index (χ0v) is 19.2. The molecule has 3 aromatic rings. The molecule has 1 atom stereocenters. The van der Waals surface area contributed by atoms with Gasteiger partial charge in [0.15, 0.2) is 11.7 Å². The van der Waals surface area contributed by atoms with E-state index in [9.17, 15) is 18.1 Å². The van der Waals surface area contributed by atoms with Gasteiger partial charge in [0.2, 0.25) is 6.61 Å². The highest BCUT2D eigenvalue weighted by Gasteiger charge is 2.33. The average Bonchev–Trinajstić information content (AvgIpc) is 3.34. The minimum Gasteiger partial charge on any atom is -0.744 e. The molecule has 0 saturated carbocycles. The van der Waals surface area contributed by atoms with Gasteiger partial charge in [0.1, 0.15) is 16.7 Å². The van der Waals surface area contributed by atoms with Crippen molar-refractivity contribution in [2.45, 2.75) is 23.1 Å². The van der Waals surface area contributed by atoms with E-state index in [1.807, 2.05) is 55.5 Å². The smallest absolute Gasteiger partial charge is 0.238 e. The standard InChI is InChI=1S/C18H16O2S.C7H8O3S/c19-17(15-11-12-20-13-15)18(14-7-3-1-4-8-14)21-16-9-5-2-6-10-16;1-6-2-4-7(5-3-6)11(8,9)10/h1-10,13,15H,11-12H2;2-5H,1H3,(H,8,9,10)/b18-17-;. The van der Waals surface area contributed by atoms with Crippen molar-refractivity contribution < 1.29 is 22.8 Å². The van der Waals surface area contributed by atoms with Gasteiger partial charge in [-0.3, -0.25) is 0 Å². The number of aliphatic hydroxyl groups excluding tert-OH is 1. The Labute approximate surface area is 193 Å². The number of hydrogen-bond acceptors (Lipinski definition) is 6. The van der Waals surface area contributed by atoms with Crippen LogP contribution in [0.15, 0.2) is 100 Å². The van der Waals surface area contributed by atoms with Crippen LogP contribution >= 0.6 is 11.8 Å². The maximum Gasteiger partial charge on any atom is 0.238 e. The summed E-state index contributed by atoms with van der Waals surface area (Å²) in [7, 11) is -4.27. The van der Waals surface area contributed by atoms with E-state index in [0.717, 1.165) is 27.3 Å². The predicted octanol–water partition coefficient (Wildman–Crippen LogP) is 5.80. The van der Waals surface area contributed by atoms with Crippen LogP contribution in [0.5, 0.6) is 0 Å². The summed E-state index contributed by atoms with van der Waals surface area (Å²) in [5.41, 5.74) is 1.96. The second-order valence-corrected chi connectivity index (χ2v) is 9.63. The summed E-state index contributed by atoms with van der Waals surface area (Å²) in [6.07, 6.45) is 0.831. The van der Waals surface area contributed by atoms with Gasteiger partial charge in [-0.2, -0.15) is 4.74 Å². The van der Waals surface area contributed by atoms with Crippen molar-refractivity contribution in [3.05, 3.63) is 108 Å². The largest absolute Gasteiger partial charge is 0.744 e. The van der Waals surface area contributed by atoms with Gasteiger partial charge in [-0.1, -0.05) is 78.0 Å². The number of aryl methyl sites for hydroxylation is 1. The number of thioether (sulfide) groups is 1. The number of rotatable bonds is 5. The minimum absolute atomic E-state index is 0.0172. The Kier molecular flexibility index (Phi) is 8.41. The predicted molar refractivity (Wildman–Crippen MR) is 126 cm³/mol. The maximum atomic E-state index is 10.7. The molecule has 1 unspecified atom stereocenters. The number of benzene rings is 3. The number of hydrogen-bond donors (Lipinski definition) is 1. The van der Waals surface area contributed by atoms with E-state index in [1.54, 1.807) is 30.5 Å². The SMILES string of the molecule is Cc1ccc(S(=O)(=O)[O-])cc1.O/C(=C(\Sc1ccccc1)c1ccccc1)C1[CH+]OCC1. The van der Waals surface area contributed by atoms with Crippen LogP contribution in [-0.2, 0) is 14.9 Å². The van der Waals surface area contributed by atoms with Gasteiger partial charge < -0.3 is 9.66 Å². The Morgan fingerprint density at radius 2 is 1.59 bits per heavy atom. The van der Waals surface area contributed by atoms with E-state index in [1.165, 1.54) is 12.1 Å². The van der Waals surface area contributed by atoms with Crippen LogP contribution in [0.4, 0.5) is 0 Å². The molecule has 4 rings (SSSR count). The highest BCUT2D eigenvalue weighted by Crippen LogP contribution is 2.40. The Morgan fingerprint density at radius 1 is 1.00 bits per heavy atom. The first-order valence-corrected chi connectivity index (χ1v) is 12.3. The quantitative estimate of drug-likeness (QED) is 0.220. The van der Waals surface area contributed by atoms with E-state index >= 15 is 0 Å². The third kappa shape index (κ3) is 6.90. The van der Waals surface area contributed by atoms with E-state index in [2.05, 4.69) is 12.1 Å². The van der Waals surface area contributed by atoms with Crippen LogP contribution in [0, 0.1) is 19.4 Å². The molecule has 1 aliphatic rings. The van der Waals surface area contributed by atoms with Crippen molar-refractivity contribution in [1.29, 1.82) is 0 Å². The van der Waals surface area contributed by atoms with Crippen LogP contribution in [-0.4, -0.2) is 24.7 Å². The fourth-order valence-corrected chi connectivity index (χ4v) is 4.48. The number of ether oxygens (including phenoxy) is 1. The molecule has 0 bridgehead atoms. The van der Waals surface area contributed by atoms with Crippen LogP contribution in [0.3, 0.4) is 0 Å². The van der Waals surface area contributed by atoms with Crippen molar-refractivity contribution in [2.75, 3.05) is 6.61 Å². The van der Waals surface area contributed by atoms with E-state index in [0.29, 0.717) is 12.4 Å². The van der Waals surface area contributed by atoms with Crippen molar-refractivity contribution in [1.82, 2.24) is 0 Å². The van der Waals surface area contributed by atoms with Crippen LogP contribution in [0.1, 0.15) is 17.5 Å². The van der Waals surface area contributed by atoms with Gasteiger partial charge >= 0.3 is 0 Å². The topological polar surface area (TPSA) is 86.7 Å². The van der Waals surface area contributed by atoms with E-state index < -0.39 is 10.1 Å². The van der Waals surface area contributed by atoms with Crippen molar-refractivity contribution in [3.63, 3.8) is 0 Å². The minimum atomic E-state index is -4.27. The van der Waals surface area contributed by atoms with Gasteiger partial charge in [-0.25, -0.2) is 8.42 Å². The van der Waals surface area contributed by atoms with Gasteiger partial charge in [0, 0.05) is 11.3 Å². The third-order valence-corrected chi connectivity index (χ3v) is 6.71. The van der Waals surface area contributed by atoms with Gasteiger partial charge in [-0.15, -0.1) is 0 Å². The summed E-state index contributed by atoms with van der Waals surface area (Å²) in [5, 5.41) is 10.7. The molecule has 1 aliphatic heterocycles. The molecule has 0 spiro atoms. The zero-order chi connectivity index (χ0) is 23.0. The lowest BCUT2D eigenvalue weighted by Gasteiger charge is -2.11. The normalized spacial score (nSPS) is 16.4. The molecule has 0 radical (unpaired) electrons. The second kappa shape index (κ2) is 11.2. The average molecular weight is 469 g/mol. The maximum absolute atomic E-state index is 10.7. The van der Waals surface area contributed by atoms with Gasteiger partial charge in [0.05, 0.1) is 9.80 Å². The Hall–Kier alpha value is -2.71. The summed E-state index contributed by atoms with van der Waals surface area (Å²) >= 11 is 1.59. The second-order valence-electron chi connectivity index (χ2n) is 7.16. The fourth-order valence-electron chi connectivity index (χ4n) is 2.98. The first kappa shape index (κ1) is 23.9. The summed E-state index contributed by atoms with van der Waals surface area (Å²) in [6.45, 7) is 4.23. The summed E-state index contributed by atoms with van der Waals surface area (Å²) < 4.78 is 36.5. The lowest BCUT2D eigenvalue weighted by molar-refractivity contribution is 0.245. The lowest BCUT2D eigenvalue weighted by Crippen LogP contribution is -2.02. The molecule has 0 aliphatic carbocycles. The molecule has 166 valence electrons. The van der Waals surface area contributed by atoms with E-state index in [-0.39, 0.29) is 10.8 Å². The molecular weight excluding hydrogens is 444 g/mol. The molecule has 0 aromatic heterocycles.